The van der Waals surface area contributed by atoms with Crippen LogP contribution in [0.1, 0.15) is 37.8 Å². The van der Waals surface area contributed by atoms with E-state index in [9.17, 15) is 0 Å². The largest absolute Gasteiger partial charge is 0.344 e. The lowest BCUT2D eigenvalue weighted by Crippen LogP contribution is -2.23. The molecule has 0 bridgehead atoms. The first kappa shape index (κ1) is 36.0. The van der Waals surface area contributed by atoms with Gasteiger partial charge in [0.1, 0.15) is 0 Å². The van der Waals surface area contributed by atoms with Crippen LogP contribution in [0.15, 0.2) is 200 Å². The van der Waals surface area contributed by atoms with Gasteiger partial charge in [-0.2, -0.15) is 0 Å². The monoisotopic (exact) mass is 770 g/mol. The molecule has 0 fully saturated rings. The van der Waals surface area contributed by atoms with Crippen LogP contribution < -0.4 is 4.90 Å². The Morgan fingerprint density at radius 2 is 0.950 bits per heavy atom. The second-order valence-corrected chi connectivity index (χ2v) is 16.4. The molecule has 60 heavy (non-hydrogen) atoms. The van der Waals surface area contributed by atoms with Gasteiger partial charge >= 0.3 is 0 Å². The zero-order chi connectivity index (χ0) is 40.4. The lowest BCUT2D eigenvalue weighted by atomic mass is 9.73. The Morgan fingerprint density at radius 1 is 0.400 bits per heavy atom. The van der Waals surface area contributed by atoms with Gasteiger partial charge in [-0.1, -0.05) is 166 Å². The average Bonchev–Trinajstić information content (AvgIpc) is 3.77. The topological polar surface area (TPSA) is 8.17 Å². The van der Waals surface area contributed by atoms with E-state index in [4.69, 9.17) is 0 Å². The SMILES string of the molecule is CCC1(CC)c2cc(-c3cccc(-c4ccccc4)c3)ccc2-c2c1cc(N(c1cccc(-c3ccccc3)c1)c1ccc3c4ccccc4n(C)c3c1)c1ccccc21. The second-order valence-electron chi connectivity index (χ2n) is 16.4. The van der Waals surface area contributed by atoms with Gasteiger partial charge in [0.2, 0.25) is 0 Å². The van der Waals surface area contributed by atoms with Crippen molar-refractivity contribution in [2.24, 2.45) is 7.05 Å². The Morgan fingerprint density at radius 3 is 1.67 bits per heavy atom. The number of aromatic nitrogens is 1. The van der Waals surface area contributed by atoms with Crippen LogP contribution in [0.2, 0.25) is 0 Å². The molecule has 0 saturated carbocycles. The van der Waals surface area contributed by atoms with E-state index in [-0.39, 0.29) is 5.41 Å². The molecule has 9 aromatic carbocycles. The fourth-order valence-electron chi connectivity index (χ4n) is 10.4. The first-order valence-corrected chi connectivity index (χ1v) is 21.4. The van der Waals surface area contributed by atoms with Crippen LogP contribution in [0, 0.1) is 0 Å². The molecule has 0 spiro atoms. The molecule has 1 aliphatic carbocycles. The van der Waals surface area contributed by atoms with Gasteiger partial charge in [-0.25, -0.2) is 0 Å². The Balaban J connectivity index is 1.14. The van der Waals surface area contributed by atoms with Crippen molar-refractivity contribution in [3.05, 3.63) is 211 Å². The summed E-state index contributed by atoms with van der Waals surface area (Å²) in [5, 5.41) is 5.09. The minimum atomic E-state index is -0.159. The van der Waals surface area contributed by atoms with Gasteiger partial charge < -0.3 is 9.47 Å². The summed E-state index contributed by atoms with van der Waals surface area (Å²) in [5.41, 5.74) is 18.7. The number of rotatable bonds is 8. The fourth-order valence-corrected chi connectivity index (χ4v) is 10.4. The van der Waals surface area contributed by atoms with Crippen molar-refractivity contribution in [3.8, 4) is 44.5 Å². The average molecular weight is 771 g/mol. The van der Waals surface area contributed by atoms with E-state index in [1.54, 1.807) is 0 Å². The molecular weight excluding hydrogens is 725 g/mol. The highest BCUT2D eigenvalue weighted by molar-refractivity contribution is 6.12. The molecule has 0 atom stereocenters. The zero-order valence-electron chi connectivity index (χ0n) is 34.4. The molecule has 0 radical (unpaired) electrons. The summed E-state index contributed by atoms with van der Waals surface area (Å²) in [7, 11) is 2.19. The second kappa shape index (κ2) is 14.3. The van der Waals surface area contributed by atoms with E-state index in [0.29, 0.717) is 0 Å². The number of anilines is 3. The van der Waals surface area contributed by atoms with Gasteiger partial charge in [0, 0.05) is 45.5 Å². The van der Waals surface area contributed by atoms with Crippen molar-refractivity contribution in [2.45, 2.75) is 32.1 Å². The summed E-state index contributed by atoms with van der Waals surface area (Å²) in [6, 6.07) is 74.3. The van der Waals surface area contributed by atoms with Gasteiger partial charge in [-0.3, -0.25) is 0 Å². The first-order chi connectivity index (χ1) is 29.6. The van der Waals surface area contributed by atoms with Crippen LogP contribution in [-0.4, -0.2) is 4.57 Å². The van der Waals surface area contributed by atoms with Gasteiger partial charge in [0.25, 0.3) is 0 Å². The van der Waals surface area contributed by atoms with Crippen molar-refractivity contribution in [1.29, 1.82) is 0 Å². The van der Waals surface area contributed by atoms with Crippen LogP contribution >= 0.6 is 0 Å². The summed E-state index contributed by atoms with van der Waals surface area (Å²) in [5.74, 6) is 0. The third-order valence-corrected chi connectivity index (χ3v) is 13.5. The number of benzene rings is 9. The van der Waals surface area contributed by atoms with Crippen molar-refractivity contribution in [2.75, 3.05) is 4.90 Å². The number of hydrogen-bond acceptors (Lipinski definition) is 1. The quantitative estimate of drug-likeness (QED) is 0.149. The summed E-state index contributed by atoms with van der Waals surface area (Å²) in [6.07, 6.45) is 2.00. The van der Waals surface area contributed by atoms with Gasteiger partial charge in [-0.15, -0.1) is 0 Å². The summed E-state index contributed by atoms with van der Waals surface area (Å²) >= 11 is 0. The standard InChI is InChI=1S/C58H46N2/c1-4-58(5-2)52-36-44(42-23-16-22-41(34-42)39-18-8-6-9-19-39)30-32-51(52)57-50-28-13-12-27-48(50)56(38-53(57)58)60(45-25-17-24-43(35-45)40-20-10-7-11-21-40)46-31-33-49-47-26-14-15-29-54(47)59(3)55(49)37-46/h6-38H,4-5H2,1-3H3. The third kappa shape index (κ3) is 5.55. The predicted octanol–water partition coefficient (Wildman–Crippen LogP) is 16.0. The Bertz CT molecular complexity index is 3240. The molecule has 2 nitrogen and oxygen atoms in total. The molecule has 11 rings (SSSR count). The number of nitrogens with zero attached hydrogens (tertiary/aromatic N) is 2. The van der Waals surface area contributed by atoms with Gasteiger partial charge in [0.15, 0.2) is 0 Å². The van der Waals surface area contributed by atoms with E-state index >= 15 is 0 Å². The maximum atomic E-state index is 2.56. The lowest BCUT2D eigenvalue weighted by molar-refractivity contribution is 0.491. The first-order valence-electron chi connectivity index (χ1n) is 21.4. The lowest BCUT2D eigenvalue weighted by Gasteiger charge is -2.33. The highest BCUT2D eigenvalue weighted by Crippen LogP contribution is 2.58. The van der Waals surface area contributed by atoms with Crippen LogP contribution in [0.3, 0.4) is 0 Å². The van der Waals surface area contributed by atoms with Crippen molar-refractivity contribution in [1.82, 2.24) is 4.57 Å². The van der Waals surface area contributed by atoms with Crippen molar-refractivity contribution in [3.63, 3.8) is 0 Å². The molecule has 1 heterocycles. The van der Waals surface area contributed by atoms with E-state index in [0.717, 1.165) is 24.2 Å². The molecule has 10 aromatic rings. The van der Waals surface area contributed by atoms with E-state index in [1.165, 1.54) is 93.9 Å². The minimum absolute atomic E-state index is 0.159. The van der Waals surface area contributed by atoms with Crippen molar-refractivity contribution >= 4 is 49.6 Å². The molecule has 0 saturated heterocycles. The maximum Gasteiger partial charge on any atom is 0.0543 e. The Kier molecular flexibility index (Phi) is 8.56. The number of fused-ring (bicyclic) bond motifs is 8. The number of hydrogen-bond donors (Lipinski definition) is 0. The predicted molar refractivity (Wildman–Crippen MR) is 256 cm³/mol. The van der Waals surface area contributed by atoms with Crippen LogP contribution in [-0.2, 0) is 12.5 Å². The van der Waals surface area contributed by atoms with Crippen LogP contribution in [0.4, 0.5) is 17.1 Å². The molecule has 0 amide bonds. The van der Waals surface area contributed by atoms with E-state index in [2.05, 4.69) is 231 Å². The smallest absolute Gasteiger partial charge is 0.0543 e. The van der Waals surface area contributed by atoms with Crippen LogP contribution in [0.5, 0.6) is 0 Å². The molecule has 1 aromatic heterocycles. The van der Waals surface area contributed by atoms with Gasteiger partial charge in [0.05, 0.1) is 11.2 Å². The number of para-hydroxylation sites is 1. The molecule has 288 valence electrons. The summed E-state index contributed by atoms with van der Waals surface area (Å²) in [6.45, 7) is 4.77. The normalized spacial score (nSPS) is 12.8. The van der Waals surface area contributed by atoms with Crippen molar-refractivity contribution < 1.29 is 0 Å². The van der Waals surface area contributed by atoms with E-state index in [1.807, 2.05) is 0 Å². The van der Waals surface area contributed by atoms with Crippen LogP contribution in [0.25, 0.3) is 77.1 Å². The number of aryl methyl sites for hydroxylation is 1. The Labute approximate surface area is 352 Å². The molecule has 2 heteroatoms. The molecular formula is C58H46N2. The molecule has 0 N–H and O–H groups in total. The highest BCUT2D eigenvalue weighted by atomic mass is 15.1. The molecule has 1 aliphatic rings. The maximum absolute atomic E-state index is 2.56. The molecule has 0 aliphatic heterocycles. The molecule has 0 unspecified atom stereocenters. The fraction of sp³-hybridized carbons (Fsp3) is 0.103. The third-order valence-electron chi connectivity index (χ3n) is 13.5. The van der Waals surface area contributed by atoms with Gasteiger partial charge in [-0.05, 0) is 122 Å². The summed E-state index contributed by atoms with van der Waals surface area (Å²) < 4.78 is 2.34. The zero-order valence-corrected chi connectivity index (χ0v) is 34.4. The van der Waals surface area contributed by atoms with E-state index < -0.39 is 0 Å². The summed E-state index contributed by atoms with van der Waals surface area (Å²) in [4.78, 5) is 2.52. The Hall–Kier alpha value is -7.16. The minimum Gasteiger partial charge on any atom is -0.344 e. The highest BCUT2D eigenvalue weighted by Gasteiger charge is 2.42.